The lowest BCUT2D eigenvalue weighted by molar-refractivity contribution is 0.368. The summed E-state index contributed by atoms with van der Waals surface area (Å²) in [6.45, 7) is 11.9. The minimum absolute atomic E-state index is 0.487. The highest BCUT2D eigenvalue weighted by atomic mass is 31.2. The van der Waals surface area contributed by atoms with E-state index >= 15 is 0 Å². The molecule has 0 radical (unpaired) electrons. The van der Waals surface area contributed by atoms with Crippen molar-refractivity contribution in [2.45, 2.75) is 27.7 Å². The number of hydrogen-bond donors (Lipinski definition) is 0. The Morgan fingerprint density at radius 2 is 1.27 bits per heavy atom. The van der Waals surface area contributed by atoms with Crippen molar-refractivity contribution < 1.29 is 17.3 Å². The Hall–Kier alpha value is 0.215. The van der Waals surface area contributed by atoms with Crippen molar-refractivity contribution in [3.8, 4) is 0 Å². The van der Waals surface area contributed by atoms with E-state index in [0.29, 0.717) is 0 Å². The summed E-state index contributed by atoms with van der Waals surface area (Å²) in [6, 6.07) is 0. The molecule has 0 aromatic heterocycles. The van der Waals surface area contributed by atoms with Crippen LogP contribution in [0, 0.1) is 5.92 Å². The van der Waals surface area contributed by atoms with Gasteiger partial charge in [-0.2, -0.15) is 0 Å². The van der Waals surface area contributed by atoms with Gasteiger partial charge in [-0.1, -0.05) is 13.8 Å². The van der Waals surface area contributed by atoms with Gasteiger partial charge in [-0.05, 0) is 19.8 Å². The first-order valence-electron chi connectivity index (χ1n) is 5.25. The SMILES string of the molecule is CC[P+](C)(CC)CC(C)C.F[B-](F)(F)F. The van der Waals surface area contributed by atoms with Crippen molar-refractivity contribution in [1.82, 2.24) is 0 Å². The first-order valence-corrected chi connectivity index (χ1v) is 8.04. The van der Waals surface area contributed by atoms with Gasteiger partial charge in [0.05, 0.1) is 18.5 Å². The van der Waals surface area contributed by atoms with E-state index in [1.807, 2.05) is 0 Å². The maximum absolute atomic E-state index is 9.75. The highest BCUT2D eigenvalue weighted by Gasteiger charge is 2.27. The molecule has 0 aliphatic carbocycles. The smallest absolute Gasteiger partial charge is 0.418 e. The van der Waals surface area contributed by atoms with Crippen LogP contribution in [-0.2, 0) is 0 Å². The Kier molecular flexibility index (Phi) is 8.78. The van der Waals surface area contributed by atoms with Crippen molar-refractivity contribution in [1.29, 1.82) is 0 Å². The molecule has 0 bridgehead atoms. The van der Waals surface area contributed by atoms with Crippen molar-refractivity contribution in [2.75, 3.05) is 25.2 Å². The van der Waals surface area contributed by atoms with E-state index in [1.54, 1.807) is 0 Å². The van der Waals surface area contributed by atoms with Crippen LogP contribution < -0.4 is 0 Å². The van der Waals surface area contributed by atoms with E-state index in [2.05, 4.69) is 34.4 Å². The molecule has 0 rings (SSSR count). The zero-order valence-corrected chi connectivity index (χ0v) is 11.1. The standard InChI is InChI=1S/C9H22P.BF4/c1-6-10(5,7-2)8-9(3)4;2-1(3,4)5/h9H,6-8H2,1-5H3;/q+1;-1. The molecule has 0 aliphatic heterocycles. The molecular formula is C9H22BF4P. The molecule has 0 saturated carbocycles. The van der Waals surface area contributed by atoms with Crippen LogP contribution in [0.3, 0.4) is 0 Å². The molecule has 0 unspecified atom stereocenters. The van der Waals surface area contributed by atoms with Gasteiger partial charge in [0.15, 0.2) is 0 Å². The van der Waals surface area contributed by atoms with Crippen LogP contribution in [0.2, 0.25) is 0 Å². The molecule has 0 spiro atoms. The molecule has 0 N–H and O–H groups in total. The van der Waals surface area contributed by atoms with E-state index in [0.717, 1.165) is 5.92 Å². The van der Waals surface area contributed by atoms with Crippen LogP contribution in [0.25, 0.3) is 0 Å². The van der Waals surface area contributed by atoms with Gasteiger partial charge in [0, 0.05) is 13.9 Å². The van der Waals surface area contributed by atoms with E-state index in [1.165, 1.54) is 18.5 Å². The monoisotopic (exact) mass is 248 g/mol. The zero-order chi connectivity index (χ0) is 12.7. The molecule has 0 aromatic carbocycles. The molecule has 0 saturated heterocycles. The summed E-state index contributed by atoms with van der Waals surface area (Å²) in [4.78, 5) is 0. The largest absolute Gasteiger partial charge is 0.673 e. The third-order valence-corrected chi connectivity index (χ3v) is 7.00. The molecule has 0 nitrogen and oxygen atoms in total. The van der Waals surface area contributed by atoms with Crippen LogP contribution in [0.1, 0.15) is 27.7 Å². The Morgan fingerprint density at radius 3 is 1.33 bits per heavy atom. The second-order valence-electron chi connectivity index (χ2n) is 4.32. The zero-order valence-electron chi connectivity index (χ0n) is 10.2. The van der Waals surface area contributed by atoms with Gasteiger partial charge < -0.3 is 17.3 Å². The minimum atomic E-state index is -6.00. The molecule has 0 aromatic rings. The van der Waals surface area contributed by atoms with Gasteiger partial charge in [0.1, 0.15) is 0 Å². The quantitative estimate of drug-likeness (QED) is 0.386. The fraction of sp³-hybridized carbons (Fsp3) is 1.00. The van der Waals surface area contributed by atoms with E-state index in [-0.39, 0.29) is 0 Å². The highest BCUT2D eigenvalue weighted by molar-refractivity contribution is 7.75. The van der Waals surface area contributed by atoms with Crippen molar-refractivity contribution in [2.24, 2.45) is 5.92 Å². The normalized spacial score (nSPS) is 12.4. The van der Waals surface area contributed by atoms with Crippen molar-refractivity contribution in [3.63, 3.8) is 0 Å². The lowest BCUT2D eigenvalue weighted by atomic mass is 10.3. The highest BCUT2D eigenvalue weighted by Crippen LogP contribution is 2.55. The van der Waals surface area contributed by atoms with Crippen LogP contribution in [0.5, 0.6) is 0 Å². The molecular weight excluding hydrogens is 226 g/mol. The summed E-state index contributed by atoms with van der Waals surface area (Å²) in [6.07, 6.45) is 4.35. The Labute approximate surface area is 91.3 Å². The van der Waals surface area contributed by atoms with Gasteiger partial charge in [-0.3, -0.25) is 0 Å². The Bertz CT molecular complexity index is 149. The van der Waals surface area contributed by atoms with Gasteiger partial charge in [-0.15, -0.1) is 0 Å². The van der Waals surface area contributed by atoms with Gasteiger partial charge in [0.25, 0.3) is 0 Å². The molecule has 0 heterocycles. The van der Waals surface area contributed by atoms with E-state index in [4.69, 9.17) is 0 Å². The van der Waals surface area contributed by atoms with Crippen molar-refractivity contribution in [3.05, 3.63) is 0 Å². The number of hydrogen-bond acceptors (Lipinski definition) is 0. The first-order chi connectivity index (χ1) is 6.54. The van der Waals surface area contributed by atoms with E-state index in [9.17, 15) is 17.3 Å². The number of rotatable bonds is 4. The molecule has 0 amide bonds. The lowest BCUT2D eigenvalue weighted by Crippen LogP contribution is -2.07. The number of halogens is 4. The van der Waals surface area contributed by atoms with Crippen LogP contribution in [0.4, 0.5) is 17.3 Å². The summed E-state index contributed by atoms with van der Waals surface area (Å²) in [5.74, 6) is 0.901. The predicted molar refractivity (Wildman–Crippen MR) is 63.8 cm³/mol. The maximum atomic E-state index is 9.75. The maximum Gasteiger partial charge on any atom is 0.673 e. The first kappa shape index (κ1) is 17.6. The van der Waals surface area contributed by atoms with Gasteiger partial charge in [-0.25, -0.2) is 0 Å². The van der Waals surface area contributed by atoms with Gasteiger partial charge >= 0.3 is 7.25 Å². The average molecular weight is 248 g/mol. The lowest BCUT2D eigenvalue weighted by Gasteiger charge is -2.21. The molecule has 0 atom stereocenters. The minimum Gasteiger partial charge on any atom is -0.418 e. The fourth-order valence-corrected chi connectivity index (χ4v) is 4.09. The molecule has 0 aliphatic rings. The van der Waals surface area contributed by atoms with Crippen LogP contribution in [0.15, 0.2) is 0 Å². The van der Waals surface area contributed by atoms with Crippen LogP contribution >= 0.6 is 7.26 Å². The topological polar surface area (TPSA) is 0 Å². The summed E-state index contributed by atoms with van der Waals surface area (Å²) in [5, 5.41) is 0. The predicted octanol–water partition coefficient (Wildman–Crippen LogP) is 4.63. The molecule has 6 heteroatoms. The fourth-order valence-electron chi connectivity index (χ4n) is 1.36. The van der Waals surface area contributed by atoms with Crippen LogP contribution in [-0.4, -0.2) is 32.4 Å². The second-order valence-corrected chi connectivity index (χ2v) is 9.19. The second kappa shape index (κ2) is 7.48. The summed E-state index contributed by atoms with van der Waals surface area (Å²) in [5.41, 5.74) is 0. The summed E-state index contributed by atoms with van der Waals surface area (Å²) >= 11 is 0. The van der Waals surface area contributed by atoms with E-state index < -0.39 is 14.5 Å². The molecule has 15 heavy (non-hydrogen) atoms. The summed E-state index contributed by atoms with van der Waals surface area (Å²) in [7, 11) is -6.49. The summed E-state index contributed by atoms with van der Waals surface area (Å²) < 4.78 is 39.0. The average Bonchev–Trinajstić information content (AvgIpc) is 2.00. The Balaban J connectivity index is 0. The van der Waals surface area contributed by atoms with Crippen molar-refractivity contribution >= 4 is 14.5 Å². The van der Waals surface area contributed by atoms with Gasteiger partial charge in [0.2, 0.25) is 0 Å². The third-order valence-electron chi connectivity index (χ3n) is 2.33. The Morgan fingerprint density at radius 1 is 1.00 bits per heavy atom. The third kappa shape index (κ3) is 16.9. The molecule has 94 valence electrons. The molecule has 0 fully saturated rings.